The lowest BCUT2D eigenvalue weighted by molar-refractivity contribution is 0.0616. The highest BCUT2D eigenvalue weighted by atomic mass is 16.5. The van der Waals surface area contributed by atoms with E-state index in [1.807, 2.05) is 12.4 Å². The van der Waals surface area contributed by atoms with Crippen molar-refractivity contribution in [1.82, 2.24) is 14.9 Å². The molecule has 0 aromatic carbocycles. The number of rotatable bonds is 8. The molecule has 4 heteroatoms. The van der Waals surface area contributed by atoms with E-state index < -0.39 is 0 Å². The Morgan fingerprint density at radius 1 is 1.41 bits per heavy atom. The second-order valence-corrected chi connectivity index (χ2v) is 4.20. The minimum Gasteiger partial charge on any atom is -0.379 e. The van der Waals surface area contributed by atoms with Crippen molar-refractivity contribution in [2.45, 2.75) is 52.3 Å². The molecular formula is C13H25N3O. The lowest BCUT2D eigenvalue weighted by Crippen LogP contribution is -2.35. The molecule has 1 aromatic rings. The van der Waals surface area contributed by atoms with Crippen molar-refractivity contribution in [2.75, 3.05) is 13.7 Å². The van der Waals surface area contributed by atoms with E-state index in [9.17, 15) is 0 Å². The summed E-state index contributed by atoms with van der Waals surface area (Å²) >= 11 is 0. The zero-order valence-corrected chi connectivity index (χ0v) is 11.4. The molecule has 0 aliphatic rings. The SMILES string of the molecule is CCCn1ccnc1C(NCC)C(CC)OC. The summed E-state index contributed by atoms with van der Waals surface area (Å²) in [4.78, 5) is 4.49. The van der Waals surface area contributed by atoms with Crippen LogP contribution in [0.3, 0.4) is 0 Å². The Labute approximate surface area is 104 Å². The van der Waals surface area contributed by atoms with Gasteiger partial charge in [0.1, 0.15) is 5.82 Å². The summed E-state index contributed by atoms with van der Waals surface area (Å²) < 4.78 is 7.77. The van der Waals surface area contributed by atoms with Gasteiger partial charge in [0.05, 0.1) is 12.1 Å². The van der Waals surface area contributed by atoms with Gasteiger partial charge >= 0.3 is 0 Å². The van der Waals surface area contributed by atoms with Crippen LogP contribution in [0.25, 0.3) is 0 Å². The van der Waals surface area contributed by atoms with Crippen LogP contribution in [-0.4, -0.2) is 29.3 Å². The summed E-state index contributed by atoms with van der Waals surface area (Å²) in [6.45, 7) is 8.37. The molecule has 0 amide bonds. The molecule has 1 N–H and O–H groups in total. The molecule has 4 nitrogen and oxygen atoms in total. The van der Waals surface area contributed by atoms with Crippen LogP contribution in [0, 0.1) is 0 Å². The van der Waals surface area contributed by atoms with Gasteiger partial charge in [-0.15, -0.1) is 0 Å². The smallest absolute Gasteiger partial charge is 0.128 e. The molecular weight excluding hydrogens is 214 g/mol. The quantitative estimate of drug-likeness (QED) is 0.757. The first-order valence-electron chi connectivity index (χ1n) is 6.55. The number of aromatic nitrogens is 2. The molecule has 0 saturated carbocycles. The summed E-state index contributed by atoms with van der Waals surface area (Å²) in [6.07, 6.45) is 6.19. The van der Waals surface area contributed by atoms with Gasteiger partial charge in [0.25, 0.3) is 0 Å². The van der Waals surface area contributed by atoms with Crippen LogP contribution in [0.1, 0.15) is 45.5 Å². The lowest BCUT2D eigenvalue weighted by atomic mass is 10.1. The van der Waals surface area contributed by atoms with Gasteiger partial charge in [0, 0.05) is 26.0 Å². The summed E-state index contributed by atoms with van der Waals surface area (Å²) in [6, 6.07) is 0.177. The first-order valence-corrected chi connectivity index (χ1v) is 6.55. The van der Waals surface area contributed by atoms with E-state index in [4.69, 9.17) is 4.74 Å². The molecule has 1 aromatic heterocycles. The predicted octanol–water partition coefficient (Wildman–Crippen LogP) is 2.37. The zero-order chi connectivity index (χ0) is 12.7. The van der Waals surface area contributed by atoms with E-state index in [-0.39, 0.29) is 12.1 Å². The molecule has 1 rings (SSSR count). The number of hydrogen-bond acceptors (Lipinski definition) is 3. The zero-order valence-electron chi connectivity index (χ0n) is 11.4. The van der Waals surface area contributed by atoms with Crippen molar-refractivity contribution < 1.29 is 4.74 Å². The summed E-state index contributed by atoms with van der Waals surface area (Å²) in [5.41, 5.74) is 0. The Balaban J connectivity index is 2.91. The first kappa shape index (κ1) is 14.2. The fourth-order valence-electron chi connectivity index (χ4n) is 2.18. The molecule has 2 atom stereocenters. The number of imidazole rings is 1. The fraction of sp³-hybridized carbons (Fsp3) is 0.769. The number of ether oxygens (including phenoxy) is 1. The highest BCUT2D eigenvalue weighted by Gasteiger charge is 2.24. The van der Waals surface area contributed by atoms with Crippen molar-refractivity contribution in [3.63, 3.8) is 0 Å². The van der Waals surface area contributed by atoms with Gasteiger partial charge in [-0.25, -0.2) is 4.98 Å². The Bertz CT molecular complexity index is 307. The van der Waals surface area contributed by atoms with Crippen LogP contribution >= 0.6 is 0 Å². The van der Waals surface area contributed by atoms with E-state index >= 15 is 0 Å². The van der Waals surface area contributed by atoms with Gasteiger partial charge in [0.2, 0.25) is 0 Å². The van der Waals surface area contributed by atoms with E-state index in [0.717, 1.165) is 31.8 Å². The van der Waals surface area contributed by atoms with Crippen molar-refractivity contribution >= 4 is 0 Å². The maximum atomic E-state index is 5.56. The van der Waals surface area contributed by atoms with Gasteiger partial charge in [-0.2, -0.15) is 0 Å². The third-order valence-electron chi connectivity index (χ3n) is 2.99. The summed E-state index contributed by atoms with van der Waals surface area (Å²) in [5.74, 6) is 1.09. The van der Waals surface area contributed by atoms with Gasteiger partial charge in [-0.3, -0.25) is 0 Å². The molecule has 2 unspecified atom stereocenters. The molecule has 17 heavy (non-hydrogen) atoms. The van der Waals surface area contributed by atoms with Crippen molar-refractivity contribution in [2.24, 2.45) is 0 Å². The Kier molecular flexibility index (Phi) is 6.22. The third-order valence-corrected chi connectivity index (χ3v) is 2.99. The van der Waals surface area contributed by atoms with E-state index in [1.54, 1.807) is 7.11 Å². The Morgan fingerprint density at radius 3 is 2.71 bits per heavy atom. The standard InChI is InChI=1S/C13H25N3O/c1-5-9-16-10-8-15-13(16)12(14-7-3)11(6-2)17-4/h8,10-12,14H,5-7,9H2,1-4H3. The van der Waals surface area contributed by atoms with Crippen LogP contribution < -0.4 is 5.32 Å². The normalized spacial score (nSPS) is 14.8. The fourth-order valence-corrected chi connectivity index (χ4v) is 2.18. The van der Waals surface area contributed by atoms with Gasteiger partial charge in [-0.05, 0) is 19.4 Å². The van der Waals surface area contributed by atoms with Crippen LogP contribution in [0.4, 0.5) is 0 Å². The maximum absolute atomic E-state index is 5.56. The number of likely N-dealkylation sites (N-methyl/N-ethyl adjacent to an activating group) is 1. The van der Waals surface area contributed by atoms with Crippen molar-refractivity contribution in [1.29, 1.82) is 0 Å². The number of hydrogen-bond donors (Lipinski definition) is 1. The number of aryl methyl sites for hydroxylation is 1. The van der Waals surface area contributed by atoms with E-state index in [1.165, 1.54) is 0 Å². The van der Waals surface area contributed by atoms with Crippen LogP contribution in [-0.2, 0) is 11.3 Å². The number of nitrogens with one attached hydrogen (secondary N) is 1. The second kappa shape index (κ2) is 7.45. The molecule has 0 saturated heterocycles. The summed E-state index contributed by atoms with van der Waals surface area (Å²) in [5, 5.41) is 3.48. The largest absolute Gasteiger partial charge is 0.379 e. The second-order valence-electron chi connectivity index (χ2n) is 4.20. The van der Waals surface area contributed by atoms with E-state index in [0.29, 0.717) is 0 Å². The molecule has 98 valence electrons. The van der Waals surface area contributed by atoms with Gasteiger partial charge < -0.3 is 14.6 Å². The van der Waals surface area contributed by atoms with Crippen molar-refractivity contribution in [3.8, 4) is 0 Å². The molecule has 0 aliphatic heterocycles. The van der Waals surface area contributed by atoms with E-state index in [2.05, 4.69) is 35.6 Å². The lowest BCUT2D eigenvalue weighted by Gasteiger charge is -2.26. The highest BCUT2D eigenvalue weighted by Crippen LogP contribution is 2.20. The van der Waals surface area contributed by atoms with Crippen LogP contribution in [0.15, 0.2) is 12.4 Å². The average molecular weight is 239 g/mol. The third kappa shape index (κ3) is 3.54. The van der Waals surface area contributed by atoms with Crippen molar-refractivity contribution in [3.05, 3.63) is 18.2 Å². The average Bonchev–Trinajstić information content (AvgIpc) is 2.78. The molecule has 0 bridgehead atoms. The number of methoxy groups -OCH3 is 1. The van der Waals surface area contributed by atoms with Crippen LogP contribution in [0.5, 0.6) is 0 Å². The van der Waals surface area contributed by atoms with Crippen LogP contribution in [0.2, 0.25) is 0 Å². The Hall–Kier alpha value is -0.870. The molecule has 1 heterocycles. The highest BCUT2D eigenvalue weighted by molar-refractivity contribution is 5.02. The molecule has 0 aliphatic carbocycles. The molecule has 0 fully saturated rings. The monoisotopic (exact) mass is 239 g/mol. The minimum atomic E-state index is 0.174. The van der Waals surface area contributed by atoms with Gasteiger partial charge in [0.15, 0.2) is 0 Å². The predicted molar refractivity (Wildman–Crippen MR) is 70.0 cm³/mol. The molecule has 0 radical (unpaired) electrons. The molecule has 0 spiro atoms. The number of nitrogens with zero attached hydrogens (tertiary/aromatic N) is 2. The Morgan fingerprint density at radius 2 is 2.18 bits per heavy atom. The van der Waals surface area contributed by atoms with Gasteiger partial charge in [-0.1, -0.05) is 20.8 Å². The maximum Gasteiger partial charge on any atom is 0.128 e. The minimum absolute atomic E-state index is 0.174. The topological polar surface area (TPSA) is 39.1 Å². The first-order chi connectivity index (χ1) is 8.28. The summed E-state index contributed by atoms with van der Waals surface area (Å²) in [7, 11) is 1.77.